The molecule has 54 heavy (non-hydrogen) atoms. The van der Waals surface area contributed by atoms with Gasteiger partial charge in [-0.05, 0) is 66.2 Å². The van der Waals surface area contributed by atoms with Gasteiger partial charge in [-0.25, -0.2) is 9.98 Å². The molecule has 4 heterocycles. The van der Waals surface area contributed by atoms with E-state index in [4.69, 9.17) is 30.0 Å². The molecule has 1 N–H and O–H groups in total. The van der Waals surface area contributed by atoms with Crippen LogP contribution in [0.3, 0.4) is 0 Å². The van der Waals surface area contributed by atoms with Crippen molar-refractivity contribution in [1.82, 2.24) is 24.4 Å². The highest BCUT2D eigenvalue weighted by Gasteiger charge is 2.56. The largest absolute Gasteiger partial charge is 0.405 e. The lowest BCUT2D eigenvalue weighted by Crippen LogP contribution is -2.67. The van der Waals surface area contributed by atoms with E-state index in [1.165, 1.54) is 15.9 Å². The molecule has 1 aliphatic carbocycles. The van der Waals surface area contributed by atoms with Crippen LogP contribution in [-0.2, 0) is 30.0 Å². The molecule has 7 atom stereocenters. The van der Waals surface area contributed by atoms with E-state index in [-0.39, 0.29) is 39.5 Å². The molecule has 288 valence electrons. The number of H-pyrrole nitrogens is 1. The molecule has 1 unspecified atom stereocenters. The highest BCUT2D eigenvalue weighted by atomic mass is 32.9. The molecule has 2 aromatic heterocycles. The lowest BCUT2D eigenvalue weighted by atomic mass is 9.77. The number of nitrogens with zero attached hydrogens (tertiary/aromatic N) is 5. The van der Waals surface area contributed by atoms with E-state index in [1.54, 1.807) is 33.5 Å². The van der Waals surface area contributed by atoms with Gasteiger partial charge in [-0.3, -0.25) is 14.3 Å². The minimum Gasteiger partial charge on any atom is -0.405 e. The minimum absolute atomic E-state index is 0.0108. The minimum atomic E-state index is -2.92. The van der Waals surface area contributed by atoms with Crippen LogP contribution in [0, 0.1) is 5.92 Å². The van der Waals surface area contributed by atoms with E-state index in [9.17, 15) is 4.79 Å². The summed E-state index contributed by atoms with van der Waals surface area (Å²) in [6.07, 6.45) is 5.03. The van der Waals surface area contributed by atoms with Gasteiger partial charge in [0.2, 0.25) is 11.6 Å². The summed E-state index contributed by atoms with van der Waals surface area (Å²) < 4.78 is 29.9. The van der Waals surface area contributed by atoms with Crippen LogP contribution < -0.4 is 15.9 Å². The third kappa shape index (κ3) is 7.60. The van der Waals surface area contributed by atoms with E-state index in [2.05, 4.69) is 110 Å². The molecule has 3 fully saturated rings. The van der Waals surface area contributed by atoms with Gasteiger partial charge in [0, 0.05) is 25.3 Å². The molecule has 2 saturated heterocycles. The molecule has 0 amide bonds. The van der Waals surface area contributed by atoms with E-state index in [1.807, 2.05) is 26.2 Å². The Hall–Kier alpha value is -2.94. The van der Waals surface area contributed by atoms with Gasteiger partial charge >= 0.3 is 0 Å². The Balaban J connectivity index is 1.25. The zero-order valence-electron chi connectivity index (χ0n) is 32.1. The maximum Gasteiger partial charge on any atom is 0.280 e. The zero-order chi connectivity index (χ0) is 38.5. The number of benzene rings is 2. The first-order valence-corrected chi connectivity index (χ1v) is 24.5. The Morgan fingerprint density at radius 2 is 1.85 bits per heavy atom. The Morgan fingerprint density at radius 1 is 1.19 bits per heavy atom. The summed E-state index contributed by atoms with van der Waals surface area (Å²) in [5.74, 6) is 0.588. The second-order valence-electron chi connectivity index (χ2n) is 16.2. The van der Waals surface area contributed by atoms with Gasteiger partial charge < -0.3 is 23.1 Å². The van der Waals surface area contributed by atoms with Gasteiger partial charge in [-0.1, -0.05) is 105 Å². The third-order valence-corrected chi connectivity index (χ3v) is 21.7. The average molecular weight is 807 g/mol. The highest BCUT2D eigenvalue weighted by molar-refractivity contribution is 8.68. The van der Waals surface area contributed by atoms with Crippen LogP contribution in [0.4, 0.5) is 5.95 Å². The Labute approximate surface area is 328 Å². The van der Waals surface area contributed by atoms with Crippen molar-refractivity contribution in [1.29, 1.82) is 0 Å². The topological polar surface area (TPSA) is 116 Å². The standard InChI is InChI=1S/C39H51N6O5PS2Si/c1-26(2)27-19-20-39(6)32(21-27)50-51(52,53-39)49-30-22-33(45-25-40-34-35(45)42-37(43-36(34)46)41-24-44(7)8)48-31(30)23-47-54(38(3,4)5,28-15-11-9-12-16-28)29-17-13-10-14-18-29/h9-18,24-25,27,30-33H,1,19-23H2,2-8H3,(H,42,43,46)/t27-,30+,31-,32+,33-,39+,51?/m1/s1. The number of aliphatic imine (C=N–C) groups is 1. The molecular formula is C39H51N6O5PS2Si. The Kier molecular flexibility index (Phi) is 11.1. The summed E-state index contributed by atoms with van der Waals surface area (Å²) >= 11 is 8.04. The van der Waals surface area contributed by atoms with Crippen molar-refractivity contribution in [2.75, 3.05) is 20.7 Å². The van der Waals surface area contributed by atoms with Gasteiger partial charge in [0.15, 0.2) is 11.2 Å². The van der Waals surface area contributed by atoms with Gasteiger partial charge in [0.05, 0.1) is 31.5 Å². The molecule has 4 aromatic rings. The molecule has 11 nitrogen and oxygen atoms in total. The summed E-state index contributed by atoms with van der Waals surface area (Å²) in [7, 11) is 0.772. The molecule has 2 aromatic carbocycles. The number of allylic oxidation sites excluding steroid dienone is 1. The molecule has 0 radical (unpaired) electrons. The van der Waals surface area contributed by atoms with Crippen molar-refractivity contribution >= 4 is 71.0 Å². The number of aromatic amines is 1. The number of aromatic nitrogens is 4. The predicted molar refractivity (Wildman–Crippen MR) is 224 cm³/mol. The maximum atomic E-state index is 13.1. The summed E-state index contributed by atoms with van der Waals surface area (Å²) in [5.41, 5.74) is -1.41. The van der Waals surface area contributed by atoms with Crippen molar-refractivity contribution in [2.45, 2.75) is 94.6 Å². The van der Waals surface area contributed by atoms with Gasteiger partial charge in [0.25, 0.3) is 13.9 Å². The predicted octanol–water partition coefficient (Wildman–Crippen LogP) is 7.08. The van der Waals surface area contributed by atoms with Gasteiger partial charge in [-0.2, -0.15) is 4.98 Å². The first kappa shape index (κ1) is 39.3. The first-order chi connectivity index (χ1) is 25.6. The number of fused-ring (bicyclic) bond motifs is 2. The SMILES string of the molecule is C=C(C)[C@@H]1CC[C@]2(C)SP(=S)(O[C@H]3C[C@H](n4cnc5c(=O)[nH]c(N=CN(C)C)nc54)O[C@@H]3CO[Si](c3ccccc3)(c3ccccc3)C(C)(C)C)O[C@H]2C1. The smallest absolute Gasteiger partial charge is 0.280 e. The van der Waals surface area contributed by atoms with E-state index >= 15 is 0 Å². The Morgan fingerprint density at radius 3 is 2.46 bits per heavy atom. The lowest BCUT2D eigenvalue weighted by Gasteiger charge is -2.43. The summed E-state index contributed by atoms with van der Waals surface area (Å²) in [4.78, 5) is 31.1. The molecule has 0 bridgehead atoms. The normalized spacial score (nSPS) is 28.8. The van der Waals surface area contributed by atoms with Crippen molar-refractivity contribution in [2.24, 2.45) is 10.9 Å². The van der Waals surface area contributed by atoms with E-state index < -0.39 is 32.4 Å². The van der Waals surface area contributed by atoms with Crippen molar-refractivity contribution in [3.05, 3.63) is 89.5 Å². The molecule has 2 aliphatic heterocycles. The van der Waals surface area contributed by atoms with Crippen molar-refractivity contribution in [3.8, 4) is 0 Å². The summed E-state index contributed by atoms with van der Waals surface area (Å²) in [6, 6.07) is 21.1. The third-order valence-electron chi connectivity index (χ3n) is 10.9. The number of hydrogen-bond acceptors (Lipinski definition) is 10. The van der Waals surface area contributed by atoms with Crippen LogP contribution in [0.15, 0.2) is 88.9 Å². The number of rotatable bonds is 11. The average Bonchev–Trinajstić information content (AvgIpc) is 3.80. The molecule has 15 heteroatoms. The molecular weight excluding hydrogens is 756 g/mol. The molecule has 3 aliphatic rings. The maximum absolute atomic E-state index is 13.1. The summed E-state index contributed by atoms with van der Waals surface area (Å²) in [5, 5.41) is 2.12. The number of ether oxygens (including phenoxy) is 1. The van der Waals surface area contributed by atoms with Crippen molar-refractivity contribution in [3.63, 3.8) is 0 Å². The fraction of sp³-hybridized carbons (Fsp3) is 0.487. The first-order valence-electron chi connectivity index (χ1n) is 18.5. The van der Waals surface area contributed by atoms with Gasteiger partial charge in [-0.15, -0.1) is 0 Å². The van der Waals surface area contributed by atoms with E-state index in [0.29, 0.717) is 18.0 Å². The number of hydrogen-bond donors (Lipinski definition) is 1. The van der Waals surface area contributed by atoms with Crippen LogP contribution in [0.5, 0.6) is 0 Å². The number of nitrogens with one attached hydrogen (secondary N) is 1. The molecule has 0 spiro atoms. The Bertz CT molecular complexity index is 2090. The molecule has 7 rings (SSSR count). The van der Waals surface area contributed by atoms with Crippen LogP contribution in [-0.4, -0.2) is 82.8 Å². The number of imidazole rings is 1. The van der Waals surface area contributed by atoms with Crippen LogP contribution in [0.1, 0.15) is 66.5 Å². The van der Waals surface area contributed by atoms with E-state index in [0.717, 1.165) is 19.3 Å². The van der Waals surface area contributed by atoms with Crippen molar-refractivity contribution < 1.29 is 18.2 Å². The molecule has 1 saturated carbocycles. The monoisotopic (exact) mass is 806 g/mol. The van der Waals surface area contributed by atoms with Crippen LogP contribution in [0.25, 0.3) is 11.2 Å². The lowest BCUT2D eigenvalue weighted by molar-refractivity contribution is -0.0364. The second kappa shape index (κ2) is 15.2. The van der Waals surface area contributed by atoms with Crippen LogP contribution in [0.2, 0.25) is 5.04 Å². The quantitative estimate of drug-likeness (QED) is 0.0555. The van der Waals surface area contributed by atoms with Crippen LogP contribution >= 0.6 is 17.1 Å². The fourth-order valence-corrected chi connectivity index (χ4v) is 20.2. The second-order valence-corrected chi connectivity index (χ2v) is 27.0. The zero-order valence-corrected chi connectivity index (χ0v) is 35.6. The highest BCUT2D eigenvalue weighted by Crippen LogP contribution is 2.76. The van der Waals surface area contributed by atoms with Gasteiger partial charge in [0.1, 0.15) is 12.3 Å². The fourth-order valence-electron chi connectivity index (χ4n) is 8.06. The summed E-state index contributed by atoms with van der Waals surface area (Å²) in [6.45, 7) is 15.7.